The van der Waals surface area contributed by atoms with E-state index < -0.39 is 11.8 Å². The first-order valence-electron chi connectivity index (χ1n) is 7.05. The van der Waals surface area contributed by atoms with Crippen LogP contribution in [0, 0.1) is 5.82 Å². The van der Waals surface area contributed by atoms with Gasteiger partial charge in [0.1, 0.15) is 5.82 Å². The van der Waals surface area contributed by atoms with Crippen molar-refractivity contribution in [2.75, 3.05) is 12.4 Å². The third-order valence-corrected chi connectivity index (χ3v) is 5.01. The normalized spacial score (nSPS) is 23.8. The number of carbonyl (C=O) groups is 1. The molecule has 1 heterocycles. The molecule has 1 aliphatic carbocycles. The van der Waals surface area contributed by atoms with Crippen LogP contribution in [-0.4, -0.2) is 35.3 Å². The number of carboxylic acids is 1. The Hall–Kier alpha value is -1.11. The predicted octanol–water partition coefficient (Wildman–Crippen LogP) is 3.30. The minimum Gasteiger partial charge on any atom is -0.478 e. The summed E-state index contributed by atoms with van der Waals surface area (Å²) < 4.78 is 25.1. The van der Waals surface area contributed by atoms with E-state index in [2.05, 4.69) is 0 Å². The molecule has 21 heavy (non-hydrogen) atoms. The van der Waals surface area contributed by atoms with E-state index in [-0.39, 0.29) is 17.5 Å². The monoisotopic (exact) mass is 312 g/mol. The summed E-state index contributed by atoms with van der Waals surface area (Å²) in [7, 11) is 0. The lowest BCUT2D eigenvalue weighted by atomic mass is 10.2. The Morgan fingerprint density at radius 3 is 2.90 bits per heavy atom. The van der Waals surface area contributed by atoms with Crippen LogP contribution >= 0.6 is 11.8 Å². The van der Waals surface area contributed by atoms with Crippen LogP contribution in [-0.2, 0) is 9.47 Å². The Morgan fingerprint density at radius 2 is 2.19 bits per heavy atom. The van der Waals surface area contributed by atoms with Crippen LogP contribution in [0.4, 0.5) is 4.39 Å². The molecule has 1 aromatic carbocycles. The Kier molecular flexibility index (Phi) is 4.19. The molecule has 4 nitrogen and oxygen atoms in total. The number of hydrogen-bond donors (Lipinski definition) is 1. The van der Waals surface area contributed by atoms with Gasteiger partial charge in [-0.05, 0) is 31.0 Å². The number of carboxylic acid groups (broad SMARTS) is 1. The van der Waals surface area contributed by atoms with Crippen molar-refractivity contribution in [3.05, 3.63) is 29.6 Å². The maximum atomic E-state index is 13.3. The van der Waals surface area contributed by atoms with Crippen molar-refractivity contribution >= 4 is 17.7 Å². The molecule has 114 valence electrons. The first-order valence-corrected chi connectivity index (χ1v) is 8.04. The van der Waals surface area contributed by atoms with E-state index in [1.54, 1.807) is 6.07 Å². The molecule has 0 amide bonds. The molecule has 0 radical (unpaired) electrons. The SMILES string of the molecule is O=C(O)c1cc(SCC2COC3(CCCC3)O2)ccc1F. The smallest absolute Gasteiger partial charge is 0.338 e. The van der Waals surface area contributed by atoms with Gasteiger partial charge >= 0.3 is 5.97 Å². The second-order valence-electron chi connectivity index (χ2n) is 5.43. The van der Waals surface area contributed by atoms with E-state index in [9.17, 15) is 9.18 Å². The Labute approximate surface area is 126 Å². The average Bonchev–Trinajstić information content (AvgIpc) is 3.08. The highest BCUT2D eigenvalue weighted by atomic mass is 32.2. The highest BCUT2D eigenvalue weighted by Crippen LogP contribution is 2.40. The van der Waals surface area contributed by atoms with Gasteiger partial charge in [0.25, 0.3) is 0 Å². The fraction of sp³-hybridized carbons (Fsp3) is 0.533. The van der Waals surface area contributed by atoms with Crippen LogP contribution < -0.4 is 0 Å². The van der Waals surface area contributed by atoms with Crippen LogP contribution in [0.25, 0.3) is 0 Å². The van der Waals surface area contributed by atoms with E-state index in [4.69, 9.17) is 14.6 Å². The summed E-state index contributed by atoms with van der Waals surface area (Å²) in [4.78, 5) is 11.6. The zero-order valence-corrected chi connectivity index (χ0v) is 12.3. The second kappa shape index (κ2) is 5.94. The minimum atomic E-state index is -1.25. The van der Waals surface area contributed by atoms with Gasteiger partial charge in [0.2, 0.25) is 0 Å². The van der Waals surface area contributed by atoms with Gasteiger partial charge in [-0.2, -0.15) is 0 Å². The third kappa shape index (κ3) is 3.22. The fourth-order valence-electron chi connectivity index (χ4n) is 2.82. The molecule has 1 atom stereocenters. The predicted molar refractivity (Wildman–Crippen MR) is 76.1 cm³/mol. The van der Waals surface area contributed by atoms with E-state index in [0.717, 1.165) is 30.6 Å². The molecule has 2 aliphatic rings. The summed E-state index contributed by atoms with van der Waals surface area (Å²) in [6.07, 6.45) is 4.19. The highest BCUT2D eigenvalue weighted by molar-refractivity contribution is 7.99. The van der Waals surface area contributed by atoms with E-state index in [0.29, 0.717) is 12.4 Å². The topological polar surface area (TPSA) is 55.8 Å². The molecule has 1 unspecified atom stereocenters. The van der Waals surface area contributed by atoms with Crippen LogP contribution in [0.15, 0.2) is 23.1 Å². The zero-order valence-electron chi connectivity index (χ0n) is 11.5. The van der Waals surface area contributed by atoms with E-state index in [1.165, 1.54) is 23.9 Å². The number of rotatable bonds is 4. The van der Waals surface area contributed by atoms with Gasteiger partial charge in [-0.3, -0.25) is 0 Å². The first kappa shape index (κ1) is 14.8. The van der Waals surface area contributed by atoms with Gasteiger partial charge in [0, 0.05) is 23.5 Å². The number of benzene rings is 1. The molecular weight excluding hydrogens is 295 g/mol. The Morgan fingerprint density at radius 1 is 1.43 bits per heavy atom. The van der Waals surface area contributed by atoms with Crippen LogP contribution in [0.1, 0.15) is 36.0 Å². The standard InChI is InChI=1S/C15H17FO4S/c16-13-4-3-11(7-12(13)14(17)18)21-9-10-8-19-15(20-10)5-1-2-6-15/h3-4,7,10H,1-2,5-6,8-9H2,(H,17,18). The summed E-state index contributed by atoms with van der Waals surface area (Å²) >= 11 is 1.47. The van der Waals surface area contributed by atoms with Crippen molar-refractivity contribution in [1.82, 2.24) is 0 Å². The molecule has 0 bridgehead atoms. The summed E-state index contributed by atoms with van der Waals surface area (Å²) in [6, 6.07) is 4.15. The molecule has 0 aromatic heterocycles. The molecule has 1 aromatic rings. The fourth-order valence-corrected chi connectivity index (χ4v) is 3.73. The second-order valence-corrected chi connectivity index (χ2v) is 6.52. The van der Waals surface area contributed by atoms with Gasteiger partial charge in [0.15, 0.2) is 5.79 Å². The summed E-state index contributed by atoms with van der Waals surface area (Å²) in [5.74, 6) is -1.66. The zero-order chi connectivity index (χ0) is 14.9. The number of aromatic carboxylic acids is 1. The molecule has 6 heteroatoms. The van der Waals surface area contributed by atoms with Crippen molar-refractivity contribution in [2.24, 2.45) is 0 Å². The largest absolute Gasteiger partial charge is 0.478 e. The van der Waals surface area contributed by atoms with Gasteiger partial charge in [-0.1, -0.05) is 0 Å². The molecule has 1 N–H and O–H groups in total. The number of halogens is 1. The van der Waals surface area contributed by atoms with Crippen molar-refractivity contribution in [1.29, 1.82) is 0 Å². The van der Waals surface area contributed by atoms with E-state index >= 15 is 0 Å². The number of thioether (sulfide) groups is 1. The van der Waals surface area contributed by atoms with Crippen LogP contribution in [0.3, 0.4) is 0 Å². The van der Waals surface area contributed by atoms with Crippen LogP contribution in [0.5, 0.6) is 0 Å². The highest BCUT2D eigenvalue weighted by Gasteiger charge is 2.43. The maximum absolute atomic E-state index is 13.3. The minimum absolute atomic E-state index is 0.00595. The Bertz CT molecular complexity index is 542. The molecule has 3 rings (SSSR count). The van der Waals surface area contributed by atoms with Gasteiger partial charge in [0.05, 0.1) is 18.3 Å². The summed E-state index contributed by atoms with van der Waals surface area (Å²) in [5, 5.41) is 8.92. The molecule has 1 saturated heterocycles. The lowest BCUT2D eigenvalue weighted by Gasteiger charge is -2.21. The third-order valence-electron chi connectivity index (χ3n) is 3.88. The molecule has 1 spiro atoms. The average molecular weight is 312 g/mol. The van der Waals surface area contributed by atoms with Gasteiger partial charge in [-0.25, -0.2) is 9.18 Å². The van der Waals surface area contributed by atoms with Crippen molar-refractivity contribution < 1.29 is 23.8 Å². The summed E-state index contributed by atoms with van der Waals surface area (Å²) in [6.45, 7) is 0.569. The molecule has 2 fully saturated rings. The van der Waals surface area contributed by atoms with Crippen molar-refractivity contribution in [3.8, 4) is 0 Å². The van der Waals surface area contributed by atoms with Gasteiger partial charge in [-0.15, -0.1) is 11.8 Å². The lowest BCUT2D eigenvalue weighted by molar-refractivity contribution is -0.159. The number of hydrogen-bond acceptors (Lipinski definition) is 4. The molecule has 1 saturated carbocycles. The Balaban J connectivity index is 1.58. The summed E-state index contributed by atoms with van der Waals surface area (Å²) in [5.41, 5.74) is -0.296. The van der Waals surface area contributed by atoms with Crippen molar-refractivity contribution in [3.63, 3.8) is 0 Å². The first-order chi connectivity index (χ1) is 10.1. The number of ether oxygens (including phenoxy) is 2. The lowest BCUT2D eigenvalue weighted by Crippen LogP contribution is -2.27. The maximum Gasteiger partial charge on any atom is 0.338 e. The quantitative estimate of drug-likeness (QED) is 0.865. The van der Waals surface area contributed by atoms with Crippen LogP contribution in [0.2, 0.25) is 0 Å². The molecule has 1 aliphatic heterocycles. The van der Waals surface area contributed by atoms with Crippen molar-refractivity contribution in [2.45, 2.75) is 42.5 Å². The molecular formula is C15H17FO4S. The van der Waals surface area contributed by atoms with E-state index in [1.807, 2.05) is 0 Å². The van der Waals surface area contributed by atoms with Gasteiger partial charge < -0.3 is 14.6 Å².